The van der Waals surface area contributed by atoms with Crippen LogP contribution in [0.3, 0.4) is 0 Å². The molecule has 0 aliphatic carbocycles. The molecule has 3 heteroatoms. The molecule has 13 heavy (non-hydrogen) atoms. The Morgan fingerprint density at radius 1 is 1.15 bits per heavy atom. The van der Waals surface area contributed by atoms with E-state index in [9.17, 15) is 5.21 Å². The average Bonchev–Trinajstić information content (AvgIpc) is 1.99. The first-order valence-electron chi connectivity index (χ1n) is 4.81. The molecular formula is C10H21NO2. The molecule has 1 fully saturated rings. The summed E-state index contributed by atoms with van der Waals surface area (Å²) in [7, 11) is 1.74. The van der Waals surface area contributed by atoms with Gasteiger partial charge in [0.25, 0.3) is 0 Å². The minimum Gasteiger partial charge on any atom is -0.381 e. The molecule has 0 radical (unpaired) electrons. The largest absolute Gasteiger partial charge is 0.381 e. The zero-order valence-corrected chi connectivity index (χ0v) is 9.29. The maximum atomic E-state index is 9.96. The lowest BCUT2D eigenvalue weighted by Gasteiger charge is -2.51. The third kappa shape index (κ3) is 2.03. The first-order valence-corrected chi connectivity index (χ1v) is 4.81. The van der Waals surface area contributed by atoms with Crippen molar-refractivity contribution in [2.75, 3.05) is 7.11 Å². The van der Waals surface area contributed by atoms with Gasteiger partial charge < -0.3 is 9.94 Å². The summed E-state index contributed by atoms with van der Waals surface area (Å²) in [6.07, 6.45) is 2.01. The molecule has 1 heterocycles. The van der Waals surface area contributed by atoms with Crippen LogP contribution in [0.1, 0.15) is 40.5 Å². The van der Waals surface area contributed by atoms with Gasteiger partial charge in [0.1, 0.15) is 0 Å². The highest BCUT2D eigenvalue weighted by atomic mass is 16.5. The van der Waals surface area contributed by atoms with Crippen molar-refractivity contribution in [1.29, 1.82) is 0 Å². The van der Waals surface area contributed by atoms with E-state index in [0.717, 1.165) is 12.8 Å². The van der Waals surface area contributed by atoms with E-state index in [1.165, 1.54) is 5.06 Å². The van der Waals surface area contributed by atoms with Crippen LogP contribution in [0.15, 0.2) is 0 Å². The van der Waals surface area contributed by atoms with E-state index >= 15 is 0 Å². The van der Waals surface area contributed by atoms with E-state index < -0.39 is 0 Å². The Balaban J connectivity index is 2.82. The van der Waals surface area contributed by atoms with Crippen LogP contribution in [-0.2, 0) is 4.74 Å². The van der Waals surface area contributed by atoms with Crippen molar-refractivity contribution in [3.63, 3.8) is 0 Å². The van der Waals surface area contributed by atoms with Crippen LogP contribution in [0.25, 0.3) is 0 Å². The van der Waals surface area contributed by atoms with Gasteiger partial charge in [-0.1, -0.05) is 0 Å². The highest BCUT2D eigenvalue weighted by molar-refractivity contribution is 4.96. The fourth-order valence-electron chi connectivity index (χ4n) is 2.35. The third-order valence-electron chi connectivity index (χ3n) is 2.93. The SMILES string of the molecule is COC1CC(C)(C)N(O)C(C)(C)C1. The van der Waals surface area contributed by atoms with Crippen LogP contribution in [0.4, 0.5) is 0 Å². The summed E-state index contributed by atoms with van der Waals surface area (Å²) in [6.45, 7) is 8.17. The van der Waals surface area contributed by atoms with Gasteiger partial charge in [-0.15, -0.1) is 0 Å². The molecule has 0 saturated carbocycles. The second-order valence-corrected chi connectivity index (χ2v) is 5.20. The number of ether oxygens (including phenoxy) is 1. The van der Waals surface area contributed by atoms with Crippen LogP contribution < -0.4 is 0 Å². The number of piperidine rings is 1. The van der Waals surface area contributed by atoms with Gasteiger partial charge in [-0.25, -0.2) is 0 Å². The van der Waals surface area contributed by atoms with Crippen LogP contribution in [0.5, 0.6) is 0 Å². The molecule has 0 atom stereocenters. The van der Waals surface area contributed by atoms with E-state index in [4.69, 9.17) is 4.74 Å². The Bertz CT molecular complexity index is 171. The van der Waals surface area contributed by atoms with Gasteiger partial charge in [-0.3, -0.25) is 0 Å². The van der Waals surface area contributed by atoms with Gasteiger partial charge >= 0.3 is 0 Å². The van der Waals surface area contributed by atoms with Crippen molar-refractivity contribution in [1.82, 2.24) is 5.06 Å². The summed E-state index contributed by atoms with van der Waals surface area (Å²) in [5.41, 5.74) is -0.384. The Kier molecular flexibility index (Phi) is 2.72. The van der Waals surface area contributed by atoms with Crippen molar-refractivity contribution >= 4 is 0 Å². The summed E-state index contributed by atoms with van der Waals surface area (Å²) in [6, 6.07) is 0. The standard InChI is InChI=1S/C10H21NO2/c1-9(2)6-8(13-5)7-10(3,4)11(9)12/h8,12H,6-7H2,1-5H3. The van der Waals surface area contributed by atoms with E-state index in [1.54, 1.807) is 7.11 Å². The second kappa shape index (κ2) is 3.23. The molecule has 1 saturated heterocycles. The third-order valence-corrected chi connectivity index (χ3v) is 2.93. The summed E-state index contributed by atoms with van der Waals surface area (Å²) < 4.78 is 5.37. The molecule has 1 aliphatic heterocycles. The van der Waals surface area contributed by atoms with Crippen LogP contribution in [0.2, 0.25) is 0 Å². The van der Waals surface area contributed by atoms with E-state index in [2.05, 4.69) is 0 Å². The molecule has 0 aromatic heterocycles. The summed E-state index contributed by atoms with van der Waals surface area (Å²) in [4.78, 5) is 0. The van der Waals surface area contributed by atoms with Gasteiger partial charge in [-0.05, 0) is 40.5 Å². The highest BCUT2D eigenvalue weighted by Gasteiger charge is 2.44. The van der Waals surface area contributed by atoms with E-state index in [0.29, 0.717) is 0 Å². The zero-order valence-electron chi connectivity index (χ0n) is 9.29. The van der Waals surface area contributed by atoms with Crippen molar-refractivity contribution in [3.05, 3.63) is 0 Å². The molecule has 1 N–H and O–H groups in total. The van der Waals surface area contributed by atoms with Gasteiger partial charge in [-0.2, -0.15) is 5.06 Å². The lowest BCUT2D eigenvalue weighted by molar-refractivity contribution is -0.259. The maximum absolute atomic E-state index is 9.96. The van der Waals surface area contributed by atoms with E-state index in [1.807, 2.05) is 27.7 Å². The fourth-order valence-corrected chi connectivity index (χ4v) is 2.35. The molecule has 0 aromatic rings. The molecule has 1 aliphatic rings. The molecule has 0 spiro atoms. The summed E-state index contributed by atoms with van der Waals surface area (Å²) in [5, 5.41) is 11.4. The predicted octanol–water partition coefficient (Wildman–Crippen LogP) is 2.04. The fraction of sp³-hybridized carbons (Fsp3) is 1.00. The van der Waals surface area contributed by atoms with Gasteiger partial charge in [0.05, 0.1) is 6.10 Å². The summed E-state index contributed by atoms with van der Waals surface area (Å²) in [5.74, 6) is 0. The van der Waals surface area contributed by atoms with Crippen molar-refractivity contribution in [2.24, 2.45) is 0 Å². The molecule has 78 valence electrons. The number of hydroxylamine groups is 2. The number of rotatable bonds is 1. The molecule has 0 unspecified atom stereocenters. The Labute approximate surface area is 80.6 Å². The predicted molar refractivity (Wildman–Crippen MR) is 51.8 cm³/mol. The van der Waals surface area contributed by atoms with Gasteiger partial charge in [0.15, 0.2) is 0 Å². The minimum absolute atomic E-state index is 0.192. The molecule has 0 amide bonds. The Morgan fingerprint density at radius 3 is 1.85 bits per heavy atom. The van der Waals surface area contributed by atoms with Crippen molar-refractivity contribution in [2.45, 2.75) is 57.7 Å². The minimum atomic E-state index is -0.192. The summed E-state index contributed by atoms with van der Waals surface area (Å²) >= 11 is 0. The topological polar surface area (TPSA) is 32.7 Å². The highest BCUT2D eigenvalue weighted by Crippen LogP contribution is 2.37. The molecule has 3 nitrogen and oxygen atoms in total. The Hall–Kier alpha value is -0.120. The van der Waals surface area contributed by atoms with Crippen molar-refractivity contribution < 1.29 is 9.94 Å². The smallest absolute Gasteiger partial charge is 0.0608 e. The van der Waals surface area contributed by atoms with Gasteiger partial charge in [0.2, 0.25) is 0 Å². The number of hydrogen-bond acceptors (Lipinski definition) is 3. The molecule has 0 aromatic carbocycles. The normalized spacial score (nSPS) is 29.1. The second-order valence-electron chi connectivity index (χ2n) is 5.20. The van der Waals surface area contributed by atoms with E-state index in [-0.39, 0.29) is 17.2 Å². The average molecular weight is 187 g/mol. The number of nitrogens with zero attached hydrogens (tertiary/aromatic N) is 1. The maximum Gasteiger partial charge on any atom is 0.0608 e. The number of methoxy groups -OCH3 is 1. The first-order chi connectivity index (χ1) is 5.79. The van der Waals surface area contributed by atoms with Gasteiger partial charge in [0, 0.05) is 18.2 Å². The lowest BCUT2D eigenvalue weighted by Crippen LogP contribution is -2.60. The molecular weight excluding hydrogens is 166 g/mol. The van der Waals surface area contributed by atoms with Crippen LogP contribution >= 0.6 is 0 Å². The monoisotopic (exact) mass is 187 g/mol. The first kappa shape index (κ1) is 11.0. The lowest BCUT2D eigenvalue weighted by atomic mass is 9.80. The van der Waals surface area contributed by atoms with Crippen LogP contribution in [0, 0.1) is 0 Å². The Morgan fingerprint density at radius 2 is 1.54 bits per heavy atom. The number of hydrogen-bond donors (Lipinski definition) is 1. The zero-order chi connectivity index (χ0) is 10.3. The quantitative estimate of drug-likeness (QED) is 0.682. The molecule has 1 rings (SSSR count). The molecule has 0 bridgehead atoms. The van der Waals surface area contributed by atoms with Crippen molar-refractivity contribution in [3.8, 4) is 0 Å². The van der Waals surface area contributed by atoms with Crippen LogP contribution in [-0.4, -0.2) is 34.6 Å².